The Bertz CT molecular complexity index is 282. The van der Waals surface area contributed by atoms with Gasteiger partial charge in [0, 0.05) is 5.92 Å². The fraction of sp³-hybridized carbons (Fsp3) is 0.444. The molecule has 0 aromatic carbocycles. The topological polar surface area (TPSA) is 17.1 Å². The number of ketones is 1. The minimum atomic E-state index is 0.0547. The van der Waals surface area contributed by atoms with Gasteiger partial charge in [-0.1, -0.05) is 25.4 Å². The van der Waals surface area contributed by atoms with E-state index in [1.54, 1.807) is 0 Å². The van der Waals surface area contributed by atoms with E-state index in [0.717, 1.165) is 14.8 Å². The Morgan fingerprint density at radius 3 is 2.50 bits per heavy atom. The number of thiophene rings is 1. The van der Waals surface area contributed by atoms with Crippen LogP contribution in [0.25, 0.3) is 0 Å². The number of carbonyl (C=O) groups is 1. The maximum atomic E-state index is 11.5. The first-order valence-electron chi connectivity index (χ1n) is 3.82. The molecule has 0 fully saturated rings. The fourth-order valence-electron chi connectivity index (χ4n) is 0.866. The van der Waals surface area contributed by atoms with Crippen molar-refractivity contribution in [3.05, 3.63) is 20.8 Å². The third-order valence-corrected chi connectivity index (χ3v) is 3.19. The summed E-state index contributed by atoms with van der Waals surface area (Å²) < 4.78 is 0.721. The molecule has 0 N–H and O–H groups in total. The molecule has 12 heavy (non-hydrogen) atoms. The van der Waals surface area contributed by atoms with Crippen molar-refractivity contribution >= 4 is 28.7 Å². The molecule has 66 valence electrons. The van der Waals surface area contributed by atoms with E-state index in [-0.39, 0.29) is 11.7 Å². The van der Waals surface area contributed by atoms with Crippen LogP contribution in [0.2, 0.25) is 4.34 Å². The molecule has 1 nitrogen and oxygen atoms in total. The Morgan fingerprint density at radius 2 is 2.17 bits per heavy atom. The van der Waals surface area contributed by atoms with Gasteiger partial charge in [-0.3, -0.25) is 4.79 Å². The Morgan fingerprint density at radius 1 is 1.58 bits per heavy atom. The third-order valence-electron chi connectivity index (χ3n) is 1.62. The van der Waals surface area contributed by atoms with Crippen LogP contribution in [-0.2, 0) is 0 Å². The summed E-state index contributed by atoms with van der Waals surface area (Å²) in [6.07, 6.45) is 0. The predicted molar refractivity (Wildman–Crippen MR) is 53.2 cm³/mol. The second-order valence-corrected chi connectivity index (χ2v) is 4.74. The highest BCUT2D eigenvalue weighted by Crippen LogP contribution is 2.28. The van der Waals surface area contributed by atoms with Gasteiger partial charge in [0.15, 0.2) is 5.78 Å². The van der Waals surface area contributed by atoms with Gasteiger partial charge < -0.3 is 0 Å². The van der Waals surface area contributed by atoms with Gasteiger partial charge in [0.2, 0.25) is 0 Å². The number of hydrogen-bond donors (Lipinski definition) is 0. The van der Waals surface area contributed by atoms with E-state index in [2.05, 4.69) is 0 Å². The Balaban J connectivity index is 2.97. The van der Waals surface area contributed by atoms with Gasteiger partial charge >= 0.3 is 0 Å². The molecule has 0 aliphatic carbocycles. The van der Waals surface area contributed by atoms with Crippen LogP contribution in [0.5, 0.6) is 0 Å². The molecule has 0 spiro atoms. The number of rotatable bonds is 2. The van der Waals surface area contributed by atoms with Crippen molar-refractivity contribution < 1.29 is 4.79 Å². The minimum Gasteiger partial charge on any atom is -0.293 e. The fourth-order valence-corrected chi connectivity index (χ4v) is 2.15. The van der Waals surface area contributed by atoms with Crippen molar-refractivity contribution in [1.82, 2.24) is 0 Å². The maximum absolute atomic E-state index is 11.5. The zero-order valence-corrected chi connectivity index (χ0v) is 8.92. The van der Waals surface area contributed by atoms with Crippen molar-refractivity contribution in [2.75, 3.05) is 0 Å². The number of halogens is 1. The number of Topliss-reactive ketones (excluding diaryl/α,β-unsaturated/α-hetero) is 1. The van der Waals surface area contributed by atoms with E-state index in [1.807, 2.05) is 26.8 Å². The van der Waals surface area contributed by atoms with Crippen molar-refractivity contribution in [2.45, 2.75) is 20.8 Å². The first-order chi connectivity index (χ1) is 5.52. The Kier molecular flexibility index (Phi) is 2.91. The first kappa shape index (κ1) is 9.75. The van der Waals surface area contributed by atoms with Crippen molar-refractivity contribution in [2.24, 2.45) is 5.92 Å². The molecular weight excluding hydrogens is 192 g/mol. The van der Waals surface area contributed by atoms with Crippen LogP contribution in [-0.4, -0.2) is 5.78 Å². The molecule has 1 aromatic heterocycles. The molecule has 0 unspecified atom stereocenters. The third kappa shape index (κ3) is 1.87. The zero-order valence-electron chi connectivity index (χ0n) is 7.35. The first-order valence-corrected chi connectivity index (χ1v) is 5.02. The van der Waals surface area contributed by atoms with E-state index >= 15 is 0 Å². The second-order valence-electron chi connectivity index (χ2n) is 3.09. The molecule has 0 aliphatic heterocycles. The van der Waals surface area contributed by atoms with Crippen LogP contribution < -0.4 is 0 Å². The smallest absolute Gasteiger partial charge is 0.175 e. The lowest BCUT2D eigenvalue weighted by Crippen LogP contribution is -2.04. The molecule has 1 aromatic rings. The van der Waals surface area contributed by atoms with Crippen LogP contribution in [0, 0.1) is 12.8 Å². The predicted octanol–water partition coefficient (Wildman–Crippen LogP) is 3.55. The average Bonchev–Trinajstić information content (AvgIpc) is 2.30. The monoisotopic (exact) mass is 202 g/mol. The second kappa shape index (κ2) is 3.58. The largest absolute Gasteiger partial charge is 0.293 e. The number of carbonyl (C=O) groups excluding carboxylic acids is 1. The summed E-state index contributed by atoms with van der Waals surface area (Å²) in [6, 6.07) is 1.86. The van der Waals surface area contributed by atoms with Gasteiger partial charge in [0.05, 0.1) is 9.21 Å². The standard InChI is InChI=1S/C9H11ClOS/c1-5(2)8(11)7-4-6(3)9(10)12-7/h4-5H,1-3H3. The summed E-state index contributed by atoms with van der Waals surface area (Å²) in [4.78, 5) is 12.2. The van der Waals surface area contributed by atoms with Gasteiger partial charge in [-0.2, -0.15) is 0 Å². The van der Waals surface area contributed by atoms with Gasteiger partial charge in [-0.15, -0.1) is 11.3 Å². The molecule has 1 rings (SSSR count). The lowest BCUT2D eigenvalue weighted by molar-refractivity contribution is 0.0943. The minimum absolute atomic E-state index is 0.0547. The van der Waals surface area contributed by atoms with Crippen molar-refractivity contribution in [3.8, 4) is 0 Å². The van der Waals surface area contributed by atoms with Gasteiger partial charge in [0.25, 0.3) is 0 Å². The Hall–Kier alpha value is -0.340. The molecule has 3 heteroatoms. The highest BCUT2D eigenvalue weighted by molar-refractivity contribution is 7.18. The molecule has 0 bridgehead atoms. The molecule has 1 heterocycles. The van der Waals surface area contributed by atoms with E-state index in [4.69, 9.17) is 11.6 Å². The summed E-state index contributed by atoms with van der Waals surface area (Å²) in [5, 5.41) is 0. The van der Waals surface area contributed by atoms with E-state index in [9.17, 15) is 4.79 Å². The molecular formula is C9H11ClOS. The van der Waals surface area contributed by atoms with Gasteiger partial charge in [-0.25, -0.2) is 0 Å². The van der Waals surface area contributed by atoms with E-state index in [1.165, 1.54) is 11.3 Å². The Labute approximate surface area is 81.4 Å². The van der Waals surface area contributed by atoms with Crippen LogP contribution in [0.1, 0.15) is 29.1 Å². The molecule has 0 aliphatic rings. The maximum Gasteiger partial charge on any atom is 0.175 e. The van der Waals surface area contributed by atoms with Crippen molar-refractivity contribution in [3.63, 3.8) is 0 Å². The lowest BCUT2D eigenvalue weighted by atomic mass is 10.1. The highest BCUT2D eigenvalue weighted by Gasteiger charge is 2.14. The van der Waals surface area contributed by atoms with E-state index < -0.39 is 0 Å². The number of hydrogen-bond acceptors (Lipinski definition) is 2. The van der Waals surface area contributed by atoms with Crippen LogP contribution in [0.4, 0.5) is 0 Å². The molecule has 0 saturated carbocycles. The SMILES string of the molecule is Cc1cc(C(=O)C(C)C)sc1Cl. The lowest BCUT2D eigenvalue weighted by Gasteiger charge is -1.98. The molecule has 0 amide bonds. The van der Waals surface area contributed by atoms with Crippen LogP contribution in [0.15, 0.2) is 6.07 Å². The van der Waals surface area contributed by atoms with Crippen LogP contribution >= 0.6 is 22.9 Å². The normalized spacial score (nSPS) is 10.8. The summed E-state index contributed by atoms with van der Waals surface area (Å²) in [6.45, 7) is 5.70. The summed E-state index contributed by atoms with van der Waals surface area (Å²) in [5.41, 5.74) is 0.991. The average molecular weight is 203 g/mol. The molecule has 0 atom stereocenters. The quantitative estimate of drug-likeness (QED) is 0.671. The number of aryl methyl sites for hydroxylation is 1. The summed E-state index contributed by atoms with van der Waals surface area (Å²) >= 11 is 7.21. The van der Waals surface area contributed by atoms with Crippen LogP contribution in [0.3, 0.4) is 0 Å². The molecule has 0 saturated heterocycles. The summed E-state index contributed by atoms with van der Waals surface area (Å²) in [5.74, 6) is 0.231. The zero-order chi connectivity index (χ0) is 9.30. The summed E-state index contributed by atoms with van der Waals surface area (Å²) in [7, 11) is 0. The molecule has 0 radical (unpaired) electrons. The van der Waals surface area contributed by atoms with Crippen molar-refractivity contribution in [1.29, 1.82) is 0 Å². The van der Waals surface area contributed by atoms with E-state index in [0.29, 0.717) is 0 Å². The highest BCUT2D eigenvalue weighted by atomic mass is 35.5. The van der Waals surface area contributed by atoms with Gasteiger partial charge in [0.1, 0.15) is 0 Å². The van der Waals surface area contributed by atoms with Gasteiger partial charge in [-0.05, 0) is 18.6 Å².